The Bertz CT molecular complexity index is 924. The molecule has 1 aliphatic carbocycles. The first-order valence-electron chi connectivity index (χ1n) is 9.69. The van der Waals surface area contributed by atoms with Gasteiger partial charge in [-0.05, 0) is 48.9 Å². The molecule has 1 aliphatic heterocycles. The average molecular weight is 369 g/mol. The third-order valence-corrected chi connectivity index (χ3v) is 6.21. The lowest BCUT2D eigenvalue weighted by molar-refractivity contribution is 0.0306. The summed E-state index contributed by atoms with van der Waals surface area (Å²) in [4.78, 5) is 10.3. The van der Waals surface area contributed by atoms with E-state index < -0.39 is 0 Å². The van der Waals surface area contributed by atoms with E-state index in [0.29, 0.717) is 11.8 Å². The standard InChI is InChI=1S/C20H24FN5O/c21-15-2-3-16-17(10-15)24-20(23-16)4-7-25-11-13-8-18(26-6-1-5-22-26)19(27)9-14(13)12-25/h1-3,5-6,10,13-14,18-19,27H,4,7-9,11-12H2,(H,23,24)/t13-,14+,18-,19-/m1/s1. The summed E-state index contributed by atoms with van der Waals surface area (Å²) in [6, 6.07) is 6.66. The van der Waals surface area contributed by atoms with Crippen molar-refractivity contribution in [1.82, 2.24) is 24.6 Å². The van der Waals surface area contributed by atoms with Crippen molar-refractivity contribution >= 4 is 11.0 Å². The van der Waals surface area contributed by atoms with Crippen molar-refractivity contribution in [3.05, 3.63) is 48.3 Å². The molecule has 2 fully saturated rings. The summed E-state index contributed by atoms with van der Waals surface area (Å²) >= 11 is 0. The molecule has 2 aromatic heterocycles. The number of aliphatic hydroxyl groups excluding tert-OH is 1. The minimum atomic E-state index is -0.323. The molecular formula is C20H24FN5O. The van der Waals surface area contributed by atoms with Gasteiger partial charge in [0, 0.05) is 38.4 Å². The zero-order chi connectivity index (χ0) is 18.4. The lowest BCUT2D eigenvalue weighted by atomic mass is 9.77. The van der Waals surface area contributed by atoms with Crippen molar-refractivity contribution in [2.45, 2.75) is 31.4 Å². The fraction of sp³-hybridized carbons (Fsp3) is 0.500. The SMILES string of the molecule is O[C@@H]1C[C@H]2CN(CCc3nc4ccc(F)cc4[nH]3)C[C@H]2C[C@H]1n1cccn1. The molecule has 1 saturated carbocycles. The molecule has 4 atom stereocenters. The minimum absolute atomic E-state index is 0.0893. The molecule has 7 heteroatoms. The Morgan fingerprint density at radius 2 is 2.07 bits per heavy atom. The Morgan fingerprint density at radius 3 is 2.89 bits per heavy atom. The van der Waals surface area contributed by atoms with Gasteiger partial charge >= 0.3 is 0 Å². The maximum absolute atomic E-state index is 13.3. The molecule has 5 rings (SSSR count). The Balaban J connectivity index is 1.22. The second-order valence-electron chi connectivity index (χ2n) is 7.97. The van der Waals surface area contributed by atoms with Gasteiger partial charge in [-0.1, -0.05) is 0 Å². The van der Waals surface area contributed by atoms with Crippen molar-refractivity contribution in [3.63, 3.8) is 0 Å². The number of H-pyrrole nitrogens is 1. The first-order valence-corrected chi connectivity index (χ1v) is 9.69. The number of halogens is 1. The van der Waals surface area contributed by atoms with Crippen LogP contribution in [-0.2, 0) is 6.42 Å². The van der Waals surface area contributed by atoms with Gasteiger partial charge in [0.2, 0.25) is 0 Å². The van der Waals surface area contributed by atoms with Crippen LogP contribution in [0.15, 0.2) is 36.7 Å². The van der Waals surface area contributed by atoms with Crippen LogP contribution in [0.25, 0.3) is 11.0 Å². The predicted molar refractivity (Wildman–Crippen MR) is 99.7 cm³/mol. The maximum atomic E-state index is 13.3. The summed E-state index contributed by atoms with van der Waals surface area (Å²) in [7, 11) is 0. The predicted octanol–water partition coefficient (Wildman–Crippen LogP) is 2.39. The molecule has 2 aliphatic rings. The van der Waals surface area contributed by atoms with Crippen LogP contribution >= 0.6 is 0 Å². The summed E-state index contributed by atoms with van der Waals surface area (Å²) < 4.78 is 15.2. The van der Waals surface area contributed by atoms with Crippen LogP contribution in [0.5, 0.6) is 0 Å². The molecule has 0 spiro atoms. The summed E-state index contributed by atoms with van der Waals surface area (Å²) in [5, 5.41) is 14.9. The molecule has 0 amide bonds. The quantitative estimate of drug-likeness (QED) is 0.741. The highest BCUT2D eigenvalue weighted by Crippen LogP contribution is 2.41. The number of imidazole rings is 1. The second kappa shape index (κ2) is 6.73. The lowest BCUT2D eigenvalue weighted by Gasteiger charge is -2.35. The number of rotatable bonds is 4. The number of hydrogen-bond acceptors (Lipinski definition) is 4. The average Bonchev–Trinajstić information content (AvgIpc) is 3.37. The van der Waals surface area contributed by atoms with Crippen molar-refractivity contribution in [2.24, 2.45) is 11.8 Å². The minimum Gasteiger partial charge on any atom is -0.391 e. The highest BCUT2D eigenvalue weighted by atomic mass is 19.1. The maximum Gasteiger partial charge on any atom is 0.125 e. The first kappa shape index (κ1) is 16.9. The zero-order valence-corrected chi connectivity index (χ0v) is 15.1. The highest BCUT2D eigenvalue weighted by molar-refractivity contribution is 5.74. The molecule has 0 bridgehead atoms. The number of aromatic nitrogens is 4. The van der Waals surface area contributed by atoms with Crippen LogP contribution in [0, 0.1) is 17.7 Å². The van der Waals surface area contributed by atoms with Gasteiger partial charge in [-0.2, -0.15) is 5.10 Å². The number of aliphatic hydroxyl groups is 1. The van der Waals surface area contributed by atoms with Crippen molar-refractivity contribution in [1.29, 1.82) is 0 Å². The van der Waals surface area contributed by atoms with E-state index in [1.54, 1.807) is 12.3 Å². The van der Waals surface area contributed by atoms with E-state index in [0.717, 1.165) is 55.8 Å². The zero-order valence-electron chi connectivity index (χ0n) is 15.1. The van der Waals surface area contributed by atoms with Crippen LogP contribution in [0.4, 0.5) is 4.39 Å². The van der Waals surface area contributed by atoms with E-state index >= 15 is 0 Å². The van der Waals surface area contributed by atoms with E-state index in [9.17, 15) is 9.50 Å². The molecule has 0 radical (unpaired) electrons. The van der Waals surface area contributed by atoms with Gasteiger partial charge in [0.1, 0.15) is 11.6 Å². The fourth-order valence-corrected chi connectivity index (χ4v) is 4.87. The summed E-state index contributed by atoms with van der Waals surface area (Å²) in [6.45, 7) is 3.02. The molecule has 6 nitrogen and oxygen atoms in total. The number of hydrogen-bond donors (Lipinski definition) is 2. The Labute approximate surface area is 157 Å². The van der Waals surface area contributed by atoms with Crippen molar-refractivity contribution in [2.75, 3.05) is 19.6 Å². The van der Waals surface area contributed by atoms with Crippen LogP contribution < -0.4 is 0 Å². The van der Waals surface area contributed by atoms with Crippen molar-refractivity contribution in [3.8, 4) is 0 Å². The third-order valence-electron chi connectivity index (χ3n) is 6.21. The fourth-order valence-electron chi connectivity index (χ4n) is 4.87. The van der Waals surface area contributed by atoms with Gasteiger partial charge in [-0.15, -0.1) is 0 Å². The molecule has 1 saturated heterocycles. The van der Waals surface area contributed by atoms with Gasteiger partial charge < -0.3 is 15.0 Å². The normalized spacial score (nSPS) is 28.7. The van der Waals surface area contributed by atoms with Gasteiger partial charge in [0.15, 0.2) is 0 Å². The number of nitrogens with one attached hydrogen (secondary N) is 1. The van der Waals surface area contributed by atoms with Gasteiger partial charge in [-0.3, -0.25) is 4.68 Å². The lowest BCUT2D eigenvalue weighted by Crippen LogP contribution is -2.36. The molecule has 142 valence electrons. The largest absolute Gasteiger partial charge is 0.391 e. The number of nitrogens with zero attached hydrogens (tertiary/aromatic N) is 4. The third kappa shape index (κ3) is 3.26. The van der Waals surface area contributed by atoms with Crippen molar-refractivity contribution < 1.29 is 9.50 Å². The van der Waals surface area contributed by atoms with E-state index in [1.807, 2.05) is 16.9 Å². The summed E-state index contributed by atoms with van der Waals surface area (Å²) in [5.41, 5.74) is 1.57. The number of likely N-dealkylation sites (tertiary alicyclic amines) is 1. The Morgan fingerprint density at radius 1 is 1.22 bits per heavy atom. The highest BCUT2D eigenvalue weighted by Gasteiger charge is 2.42. The first-order chi connectivity index (χ1) is 13.2. The Kier molecular flexibility index (Phi) is 4.21. The summed E-state index contributed by atoms with van der Waals surface area (Å²) in [5.74, 6) is 1.82. The number of benzene rings is 1. The van der Waals surface area contributed by atoms with E-state index in [2.05, 4.69) is 20.0 Å². The van der Waals surface area contributed by atoms with Gasteiger partial charge in [-0.25, -0.2) is 9.37 Å². The van der Waals surface area contributed by atoms with Crippen LogP contribution in [-0.4, -0.2) is 55.5 Å². The molecule has 27 heavy (non-hydrogen) atoms. The monoisotopic (exact) mass is 369 g/mol. The summed E-state index contributed by atoms with van der Waals surface area (Å²) in [6.07, 6.45) is 6.05. The molecule has 3 aromatic rings. The smallest absolute Gasteiger partial charge is 0.125 e. The Hall–Kier alpha value is -2.25. The van der Waals surface area contributed by atoms with Gasteiger partial charge in [0.05, 0.1) is 23.2 Å². The van der Waals surface area contributed by atoms with Crippen LogP contribution in [0.3, 0.4) is 0 Å². The molecule has 2 N–H and O–H groups in total. The van der Waals surface area contributed by atoms with Crippen LogP contribution in [0.2, 0.25) is 0 Å². The number of aromatic amines is 1. The molecule has 0 unspecified atom stereocenters. The molecule has 3 heterocycles. The van der Waals surface area contributed by atoms with E-state index in [1.165, 1.54) is 12.1 Å². The molecule has 1 aromatic carbocycles. The van der Waals surface area contributed by atoms with Gasteiger partial charge in [0.25, 0.3) is 0 Å². The topological polar surface area (TPSA) is 70.0 Å². The van der Waals surface area contributed by atoms with Crippen LogP contribution in [0.1, 0.15) is 24.7 Å². The molecular weight excluding hydrogens is 345 g/mol. The van der Waals surface area contributed by atoms with E-state index in [4.69, 9.17) is 0 Å². The second-order valence-corrected chi connectivity index (χ2v) is 7.97. The number of fused-ring (bicyclic) bond motifs is 2. The van der Waals surface area contributed by atoms with E-state index in [-0.39, 0.29) is 18.0 Å².